The Morgan fingerprint density at radius 3 is 2.06 bits per heavy atom. The number of hydrogen-bond acceptors (Lipinski definition) is 5. The van der Waals surface area contributed by atoms with Crippen molar-refractivity contribution >= 4 is 21.7 Å². The second kappa shape index (κ2) is 10.8. The van der Waals surface area contributed by atoms with E-state index >= 15 is 0 Å². The molecule has 0 bridgehead atoms. The normalized spacial score (nSPS) is 20.7. The highest BCUT2D eigenvalue weighted by Gasteiger charge is 2.56. The summed E-state index contributed by atoms with van der Waals surface area (Å²) in [5.41, 5.74) is 0.846. The van der Waals surface area contributed by atoms with Crippen LogP contribution in [0.1, 0.15) is 45.6 Å². The Balaban J connectivity index is 1.76. The van der Waals surface area contributed by atoms with E-state index in [4.69, 9.17) is 0 Å². The molecular formula is C26H34N2O5S. The number of rotatable bonds is 11. The van der Waals surface area contributed by atoms with Crippen LogP contribution in [-0.2, 0) is 19.6 Å². The molecule has 3 rings (SSSR count). The summed E-state index contributed by atoms with van der Waals surface area (Å²) < 4.78 is 28.2. The van der Waals surface area contributed by atoms with E-state index < -0.39 is 46.0 Å². The molecule has 34 heavy (non-hydrogen) atoms. The Bertz CT molecular complexity index is 1090. The molecule has 0 saturated heterocycles. The van der Waals surface area contributed by atoms with Crippen molar-refractivity contribution in [2.75, 3.05) is 0 Å². The van der Waals surface area contributed by atoms with Gasteiger partial charge in [0.15, 0.2) is 0 Å². The molecule has 0 aromatic heterocycles. The lowest BCUT2D eigenvalue weighted by Gasteiger charge is -2.30. The summed E-state index contributed by atoms with van der Waals surface area (Å²) in [5, 5.41) is 13.9. The smallest absolute Gasteiger partial charge is 0.241 e. The van der Waals surface area contributed by atoms with Gasteiger partial charge >= 0.3 is 0 Å². The Hall–Kier alpha value is -2.55. The maximum Gasteiger partial charge on any atom is 0.241 e. The molecule has 2 aromatic carbocycles. The number of ketones is 1. The number of carbonyl (C=O) groups excluding carboxylic acids is 2. The van der Waals surface area contributed by atoms with Gasteiger partial charge in [0.25, 0.3) is 0 Å². The fourth-order valence-corrected chi connectivity index (χ4v) is 5.56. The third-order valence-electron chi connectivity index (χ3n) is 6.18. The molecule has 184 valence electrons. The van der Waals surface area contributed by atoms with E-state index in [0.29, 0.717) is 0 Å². The first-order chi connectivity index (χ1) is 16.0. The van der Waals surface area contributed by atoms with Crippen LogP contribution in [0.15, 0.2) is 65.6 Å². The first kappa shape index (κ1) is 26.1. The summed E-state index contributed by atoms with van der Waals surface area (Å²) in [6.45, 7) is 7.51. The van der Waals surface area contributed by atoms with Crippen molar-refractivity contribution < 1.29 is 23.1 Å². The molecule has 8 heteroatoms. The van der Waals surface area contributed by atoms with Gasteiger partial charge in [-0.1, -0.05) is 76.2 Å². The summed E-state index contributed by atoms with van der Waals surface area (Å²) in [6.07, 6.45) is -0.791. The molecule has 0 aliphatic heterocycles. The molecule has 1 fully saturated rings. The first-order valence-electron chi connectivity index (χ1n) is 11.7. The van der Waals surface area contributed by atoms with Crippen molar-refractivity contribution in [1.82, 2.24) is 10.0 Å². The second-order valence-corrected chi connectivity index (χ2v) is 11.4. The van der Waals surface area contributed by atoms with Crippen LogP contribution in [0.2, 0.25) is 0 Å². The van der Waals surface area contributed by atoms with Gasteiger partial charge in [-0.05, 0) is 36.0 Å². The third-order valence-corrected chi connectivity index (χ3v) is 7.67. The van der Waals surface area contributed by atoms with Crippen LogP contribution in [0, 0.1) is 17.8 Å². The zero-order valence-electron chi connectivity index (χ0n) is 20.0. The van der Waals surface area contributed by atoms with Crippen molar-refractivity contribution in [2.45, 2.75) is 63.1 Å². The van der Waals surface area contributed by atoms with Gasteiger partial charge in [0.05, 0.1) is 28.9 Å². The predicted molar refractivity (Wildman–Crippen MR) is 130 cm³/mol. The second-order valence-electron chi connectivity index (χ2n) is 9.70. The average Bonchev–Trinajstić information content (AvgIpc) is 3.47. The van der Waals surface area contributed by atoms with Crippen LogP contribution in [0.4, 0.5) is 0 Å². The summed E-state index contributed by atoms with van der Waals surface area (Å²) in [5.74, 6) is -1.69. The van der Waals surface area contributed by atoms with E-state index in [1.165, 1.54) is 12.1 Å². The van der Waals surface area contributed by atoms with Crippen LogP contribution in [0.5, 0.6) is 0 Å². The lowest BCUT2D eigenvalue weighted by molar-refractivity contribution is -0.125. The van der Waals surface area contributed by atoms with E-state index in [1.807, 2.05) is 58.0 Å². The van der Waals surface area contributed by atoms with Crippen LogP contribution in [-0.4, -0.2) is 43.4 Å². The summed E-state index contributed by atoms with van der Waals surface area (Å²) in [4.78, 5) is 25.9. The highest BCUT2D eigenvalue weighted by atomic mass is 32.2. The van der Waals surface area contributed by atoms with Crippen LogP contribution in [0.25, 0.3) is 0 Å². The Morgan fingerprint density at radius 1 is 0.971 bits per heavy atom. The third kappa shape index (κ3) is 6.11. The SMILES string of the molecule is CC(C)C[C@H](NS(=O)(=O)c1ccccc1)C(=O)N[C@@H](C(C)C)[C@@H](O)C1C(=O)C1c1ccccc1. The molecule has 2 unspecified atom stereocenters. The Morgan fingerprint density at radius 2 is 1.53 bits per heavy atom. The molecule has 5 atom stereocenters. The molecule has 1 amide bonds. The van der Waals surface area contributed by atoms with Gasteiger partial charge < -0.3 is 10.4 Å². The van der Waals surface area contributed by atoms with Crippen molar-refractivity contribution in [1.29, 1.82) is 0 Å². The average molecular weight is 487 g/mol. The maximum atomic E-state index is 13.2. The van der Waals surface area contributed by atoms with Gasteiger partial charge in [0, 0.05) is 0 Å². The maximum absolute atomic E-state index is 13.2. The number of Topliss-reactive ketones (excluding diaryl/α,β-unsaturated/α-hetero) is 1. The van der Waals surface area contributed by atoms with Gasteiger partial charge in [0.2, 0.25) is 15.9 Å². The fourth-order valence-electron chi connectivity index (χ4n) is 4.33. The number of aliphatic hydroxyl groups excluding tert-OH is 1. The highest BCUT2D eigenvalue weighted by molar-refractivity contribution is 7.89. The number of sulfonamides is 1. The van der Waals surface area contributed by atoms with Crippen LogP contribution in [0.3, 0.4) is 0 Å². The quantitative estimate of drug-likeness (QED) is 0.452. The van der Waals surface area contributed by atoms with E-state index in [2.05, 4.69) is 10.0 Å². The molecule has 1 aliphatic rings. The number of hydrogen-bond donors (Lipinski definition) is 3. The standard InChI is InChI=1S/C26H34N2O5S/c1-16(2)15-20(28-34(32,33)19-13-9-6-10-14-19)26(31)27-23(17(3)4)25(30)22-21(24(22)29)18-11-7-5-8-12-18/h5-14,16-17,20-23,25,28,30H,15H2,1-4H3,(H,27,31)/t20-,21?,22?,23-,25-/m0/s1. The van der Waals surface area contributed by atoms with Crippen LogP contribution < -0.4 is 10.0 Å². The molecule has 7 nitrogen and oxygen atoms in total. The minimum absolute atomic E-state index is 0.0455. The zero-order valence-corrected chi connectivity index (χ0v) is 20.8. The minimum atomic E-state index is -3.91. The summed E-state index contributed by atoms with van der Waals surface area (Å²) >= 11 is 0. The first-order valence-corrected chi connectivity index (χ1v) is 13.2. The largest absolute Gasteiger partial charge is 0.390 e. The zero-order chi connectivity index (χ0) is 25.0. The number of amides is 1. The molecular weight excluding hydrogens is 452 g/mol. The molecule has 1 saturated carbocycles. The number of carbonyl (C=O) groups is 2. The molecule has 3 N–H and O–H groups in total. The Kier molecular flexibility index (Phi) is 8.28. The topological polar surface area (TPSA) is 113 Å². The molecule has 0 radical (unpaired) electrons. The van der Waals surface area contributed by atoms with Gasteiger partial charge in [-0.15, -0.1) is 0 Å². The van der Waals surface area contributed by atoms with Gasteiger partial charge in [-0.2, -0.15) is 4.72 Å². The van der Waals surface area contributed by atoms with Crippen molar-refractivity contribution in [3.05, 3.63) is 66.2 Å². The van der Waals surface area contributed by atoms with Crippen LogP contribution >= 0.6 is 0 Å². The van der Waals surface area contributed by atoms with E-state index in [1.54, 1.807) is 18.2 Å². The summed E-state index contributed by atoms with van der Waals surface area (Å²) in [6, 6.07) is 15.4. The fraction of sp³-hybridized carbons (Fsp3) is 0.462. The lowest BCUT2D eigenvalue weighted by atomic mass is 9.92. The van der Waals surface area contributed by atoms with Crippen molar-refractivity contribution in [3.63, 3.8) is 0 Å². The lowest BCUT2D eigenvalue weighted by Crippen LogP contribution is -2.55. The van der Waals surface area contributed by atoms with Gasteiger partial charge in [-0.3, -0.25) is 9.59 Å². The van der Waals surface area contributed by atoms with E-state index in [9.17, 15) is 23.1 Å². The Labute approximate surface area is 202 Å². The minimum Gasteiger partial charge on any atom is -0.390 e. The van der Waals surface area contributed by atoms with Crippen molar-refractivity contribution in [3.8, 4) is 0 Å². The molecule has 0 spiro atoms. The number of benzene rings is 2. The monoisotopic (exact) mass is 486 g/mol. The van der Waals surface area contributed by atoms with Gasteiger partial charge in [0.1, 0.15) is 11.8 Å². The predicted octanol–water partition coefficient (Wildman–Crippen LogP) is 2.86. The molecule has 2 aromatic rings. The van der Waals surface area contributed by atoms with Crippen molar-refractivity contribution in [2.24, 2.45) is 17.8 Å². The van der Waals surface area contributed by atoms with Gasteiger partial charge in [-0.25, -0.2) is 8.42 Å². The molecule has 0 heterocycles. The highest BCUT2D eigenvalue weighted by Crippen LogP contribution is 2.46. The number of aliphatic hydroxyl groups is 1. The summed E-state index contributed by atoms with van der Waals surface area (Å²) in [7, 11) is -3.91. The number of nitrogens with one attached hydrogen (secondary N) is 2. The van der Waals surface area contributed by atoms with E-state index in [0.717, 1.165) is 5.56 Å². The molecule has 1 aliphatic carbocycles. The van der Waals surface area contributed by atoms with E-state index in [-0.39, 0.29) is 28.9 Å².